The van der Waals surface area contributed by atoms with Crippen LogP contribution in [0.5, 0.6) is 0 Å². The lowest BCUT2D eigenvalue weighted by molar-refractivity contribution is 0.581. The van der Waals surface area contributed by atoms with E-state index in [1.807, 2.05) is 0 Å². The van der Waals surface area contributed by atoms with Gasteiger partial charge in [0.2, 0.25) is 0 Å². The van der Waals surface area contributed by atoms with Gasteiger partial charge in [-0.1, -0.05) is 0 Å². The summed E-state index contributed by atoms with van der Waals surface area (Å²) >= 11 is 1.63. The third-order valence-electron chi connectivity index (χ3n) is 1.68. The maximum Gasteiger partial charge on any atom is 0.126 e. The predicted molar refractivity (Wildman–Crippen MR) is 56.2 cm³/mol. The third-order valence-corrected chi connectivity index (χ3v) is 2.80. The zero-order chi connectivity index (χ0) is 10.4. The lowest BCUT2D eigenvalue weighted by Gasteiger charge is -2.01. The van der Waals surface area contributed by atoms with E-state index >= 15 is 0 Å². The smallest absolute Gasteiger partial charge is 0.126 e. The highest BCUT2D eigenvalue weighted by Crippen LogP contribution is 2.15. The van der Waals surface area contributed by atoms with Crippen molar-refractivity contribution in [3.8, 4) is 0 Å². The Morgan fingerprint density at radius 1 is 1.14 bits per heavy atom. The van der Waals surface area contributed by atoms with Gasteiger partial charge in [0.25, 0.3) is 0 Å². The Kier molecular flexibility index (Phi) is 4.90. The van der Waals surface area contributed by atoms with E-state index in [0.29, 0.717) is 17.9 Å². The van der Waals surface area contributed by atoms with Crippen LogP contribution in [0.25, 0.3) is 0 Å². The van der Waals surface area contributed by atoms with Gasteiger partial charge in [-0.05, 0) is 36.4 Å². The van der Waals surface area contributed by atoms with E-state index < -0.39 is 11.6 Å². The van der Waals surface area contributed by atoms with Crippen LogP contribution >= 0.6 is 11.8 Å². The molecule has 0 unspecified atom stereocenters. The first-order valence-corrected chi connectivity index (χ1v) is 5.60. The fourth-order valence-corrected chi connectivity index (χ4v) is 1.99. The van der Waals surface area contributed by atoms with Crippen molar-refractivity contribution in [3.63, 3.8) is 0 Å². The van der Waals surface area contributed by atoms with Crippen molar-refractivity contribution >= 4 is 11.8 Å². The van der Waals surface area contributed by atoms with Crippen molar-refractivity contribution in [2.75, 3.05) is 12.3 Å². The van der Waals surface area contributed by atoms with Gasteiger partial charge in [-0.15, -0.1) is 0 Å². The van der Waals surface area contributed by atoms with Gasteiger partial charge in [0, 0.05) is 11.8 Å². The molecule has 0 fully saturated rings. The molecule has 4 heteroatoms. The molecule has 0 atom stereocenters. The predicted octanol–water partition coefficient (Wildman–Crippen LogP) is 2.55. The van der Waals surface area contributed by atoms with Gasteiger partial charge < -0.3 is 5.73 Å². The quantitative estimate of drug-likeness (QED) is 0.767. The van der Waals surface area contributed by atoms with Crippen molar-refractivity contribution < 1.29 is 8.78 Å². The van der Waals surface area contributed by atoms with E-state index in [0.717, 1.165) is 18.2 Å². The van der Waals surface area contributed by atoms with Crippen molar-refractivity contribution in [3.05, 3.63) is 35.4 Å². The van der Waals surface area contributed by atoms with E-state index in [1.54, 1.807) is 11.8 Å². The minimum Gasteiger partial charge on any atom is -0.330 e. The van der Waals surface area contributed by atoms with Crippen LogP contribution in [0.3, 0.4) is 0 Å². The number of hydrogen-bond donors (Lipinski definition) is 1. The monoisotopic (exact) mass is 217 g/mol. The zero-order valence-electron chi connectivity index (χ0n) is 7.80. The summed E-state index contributed by atoms with van der Waals surface area (Å²) < 4.78 is 25.5. The Morgan fingerprint density at radius 2 is 1.79 bits per heavy atom. The van der Waals surface area contributed by atoms with Crippen LogP contribution in [0.1, 0.15) is 12.0 Å². The summed E-state index contributed by atoms with van der Waals surface area (Å²) in [5, 5.41) is 0. The molecule has 1 aromatic rings. The topological polar surface area (TPSA) is 26.0 Å². The summed E-state index contributed by atoms with van der Waals surface area (Å²) in [5.74, 6) is 0.530. The van der Waals surface area contributed by atoms with Gasteiger partial charge in [0.05, 0.1) is 0 Å². The Balaban J connectivity index is 2.42. The second kappa shape index (κ2) is 5.98. The fourth-order valence-electron chi connectivity index (χ4n) is 1.07. The average molecular weight is 217 g/mol. The van der Waals surface area contributed by atoms with Crippen LogP contribution < -0.4 is 5.73 Å². The second-order valence-corrected chi connectivity index (χ2v) is 4.08. The number of nitrogens with two attached hydrogens (primary N) is 1. The molecule has 0 heterocycles. The highest BCUT2D eigenvalue weighted by Gasteiger charge is 2.00. The van der Waals surface area contributed by atoms with Gasteiger partial charge in [0.1, 0.15) is 11.6 Å². The van der Waals surface area contributed by atoms with Gasteiger partial charge in [-0.25, -0.2) is 8.78 Å². The second-order valence-electron chi connectivity index (χ2n) is 2.97. The Bertz CT molecular complexity index is 271. The maximum absolute atomic E-state index is 12.7. The molecule has 0 saturated carbocycles. The van der Waals surface area contributed by atoms with Crippen LogP contribution in [0.2, 0.25) is 0 Å². The normalized spacial score (nSPS) is 10.5. The molecule has 1 nitrogen and oxygen atoms in total. The lowest BCUT2D eigenvalue weighted by atomic mass is 10.2. The molecule has 0 bridgehead atoms. The van der Waals surface area contributed by atoms with Crippen LogP contribution in [-0.4, -0.2) is 12.3 Å². The van der Waals surface area contributed by atoms with Gasteiger partial charge >= 0.3 is 0 Å². The fraction of sp³-hybridized carbons (Fsp3) is 0.400. The molecule has 0 aliphatic rings. The SMILES string of the molecule is NCCCSCc1cc(F)cc(F)c1. The van der Waals surface area contributed by atoms with Crippen LogP contribution in [0.15, 0.2) is 18.2 Å². The molecule has 0 saturated heterocycles. The van der Waals surface area contributed by atoms with Crippen LogP contribution in [0, 0.1) is 11.6 Å². The van der Waals surface area contributed by atoms with Gasteiger partial charge in [-0.3, -0.25) is 0 Å². The van der Waals surface area contributed by atoms with E-state index in [2.05, 4.69) is 0 Å². The van der Waals surface area contributed by atoms with Crippen molar-refractivity contribution in [1.29, 1.82) is 0 Å². The van der Waals surface area contributed by atoms with Gasteiger partial charge in [-0.2, -0.15) is 11.8 Å². The first-order chi connectivity index (χ1) is 6.72. The van der Waals surface area contributed by atoms with E-state index in [9.17, 15) is 8.78 Å². The molecule has 0 spiro atoms. The van der Waals surface area contributed by atoms with Crippen LogP contribution in [0.4, 0.5) is 8.78 Å². The van der Waals surface area contributed by atoms with Crippen molar-refractivity contribution in [2.24, 2.45) is 5.73 Å². The molecule has 14 heavy (non-hydrogen) atoms. The molecule has 2 N–H and O–H groups in total. The largest absolute Gasteiger partial charge is 0.330 e. The van der Waals surface area contributed by atoms with E-state index in [4.69, 9.17) is 5.73 Å². The lowest BCUT2D eigenvalue weighted by Crippen LogP contribution is -1.99. The highest BCUT2D eigenvalue weighted by molar-refractivity contribution is 7.98. The molecule has 1 aromatic carbocycles. The molecular weight excluding hydrogens is 204 g/mol. The van der Waals surface area contributed by atoms with Crippen molar-refractivity contribution in [2.45, 2.75) is 12.2 Å². The molecule has 0 aromatic heterocycles. The first kappa shape index (κ1) is 11.5. The number of halogens is 2. The summed E-state index contributed by atoms with van der Waals surface area (Å²) in [4.78, 5) is 0. The van der Waals surface area contributed by atoms with Gasteiger partial charge in [0.15, 0.2) is 0 Å². The summed E-state index contributed by atoms with van der Waals surface area (Å²) in [6.07, 6.45) is 0.933. The summed E-state index contributed by atoms with van der Waals surface area (Å²) in [7, 11) is 0. The third kappa shape index (κ3) is 4.07. The number of benzene rings is 1. The Hall–Kier alpha value is -0.610. The Morgan fingerprint density at radius 3 is 2.36 bits per heavy atom. The molecule has 0 aliphatic carbocycles. The molecule has 1 rings (SSSR count). The highest BCUT2D eigenvalue weighted by atomic mass is 32.2. The maximum atomic E-state index is 12.7. The standard InChI is InChI=1S/C10H13F2NS/c11-9-4-8(5-10(12)6-9)7-14-3-1-2-13/h4-6H,1-3,7,13H2. The molecular formula is C10H13F2NS. The average Bonchev–Trinajstić information content (AvgIpc) is 2.11. The minimum atomic E-state index is -0.514. The minimum absolute atomic E-state index is 0.514. The summed E-state index contributed by atoms with van der Waals surface area (Å²) in [6.45, 7) is 0.657. The summed E-state index contributed by atoms with van der Waals surface area (Å²) in [5.41, 5.74) is 6.01. The molecule has 0 radical (unpaired) electrons. The number of rotatable bonds is 5. The molecule has 0 aliphatic heterocycles. The van der Waals surface area contributed by atoms with Crippen molar-refractivity contribution in [1.82, 2.24) is 0 Å². The molecule has 0 amide bonds. The first-order valence-electron chi connectivity index (χ1n) is 4.45. The number of hydrogen-bond acceptors (Lipinski definition) is 2. The summed E-state index contributed by atoms with van der Waals surface area (Å²) in [6, 6.07) is 3.60. The van der Waals surface area contributed by atoms with Crippen LogP contribution in [-0.2, 0) is 5.75 Å². The number of thioether (sulfide) groups is 1. The van der Waals surface area contributed by atoms with E-state index in [1.165, 1.54) is 12.1 Å². The molecule has 78 valence electrons. The van der Waals surface area contributed by atoms with E-state index in [-0.39, 0.29) is 0 Å². The zero-order valence-corrected chi connectivity index (χ0v) is 8.62. The Labute approximate surface area is 86.7 Å².